The van der Waals surface area contributed by atoms with E-state index in [1.54, 1.807) is 11.8 Å². The van der Waals surface area contributed by atoms with Crippen molar-refractivity contribution in [3.8, 4) is 0 Å². The number of alkyl carbamates (subject to hydrolysis) is 1. The predicted molar refractivity (Wildman–Crippen MR) is 103 cm³/mol. The second-order valence-corrected chi connectivity index (χ2v) is 9.54. The lowest BCUT2D eigenvalue weighted by atomic mass is 9.78. The first-order valence-electron chi connectivity index (χ1n) is 9.93. The quantitative estimate of drug-likeness (QED) is 0.797. The highest BCUT2D eigenvalue weighted by Crippen LogP contribution is 2.31. The average Bonchev–Trinajstić information content (AvgIpc) is 2.54. The second kappa shape index (κ2) is 8.07. The standard InChI is InChI=1S/C20H35N3O4/c1-14(24)22-10-7-8-15(12-22)17(25)23-11-9-16(20(5,6)13-23)21-18(26)27-19(2,3)4/h15-16H,7-13H2,1-6H3,(H,21,26)/t15-,16+/m1/s1. The molecule has 0 saturated carbocycles. The van der Waals surface area contributed by atoms with E-state index in [2.05, 4.69) is 19.2 Å². The van der Waals surface area contributed by atoms with Gasteiger partial charge < -0.3 is 19.9 Å². The lowest BCUT2D eigenvalue weighted by Gasteiger charge is -2.46. The number of rotatable bonds is 2. The Morgan fingerprint density at radius 1 is 1.07 bits per heavy atom. The van der Waals surface area contributed by atoms with Crippen LogP contribution in [0.3, 0.4) is 0 Å². The summed E-state index contributed by atoms with van der Waals surface area (Å²) in [5, 5.41) is 2.97. The number of nitrogens with one attached hydrogen (secondary N) is 1. The highest BCUT2D eigenvalue weighted by molar-refractivity contribution is 5.81. The van der Waals surface area contributed by atoms with Crippen LogP contribution in [-0.2, 0) is 14.3 Å². The number of nitrogens with zero attached hydrogens (tertiary/aromatic N) is 2. The summed E-state index contributed by atoms with van der Waals surface area (Å²) in [5.74, 6) is 0.0478. The summed E-state index contributed by atoms with van der Waals surface area (Å²) in [7, 11) is 0. The molecule has 0 unspecified atom stereocenters. The van der Waals surface area contributed by atoms with Gasteiger partial charge in [-0.1, -0.05) is 13.8 Å². The van der Waals surface area contributed by atoms with Gasteiger partial charge in [-0.05, 0) is 40.0 Å². The third kappa shape index (κ3) is 5.84. The number of carbonyl (C=O) groups excluding carboxylic acids is 3. The number of likely N-dealkylation sites (tertiary alicyclic amines) is 2. The zero-order chi connectivity index (χ0) is 20.4. The van der Waals surface area contributed by atoms with Gasteiger partial charge in [0, 0.05) is 44.6 Å². The Bertz CT molecular complexity index is 582. The summed E-state index contributed by atoms with van der Waals surface area (Å²) < 4.78 is 5.37. The summed E-state index contributed by atoms with van der Waals surface area (Å²) in [6.45, 7) is 13.7. The molecule has 2 atom stereocenters. The fourth-order valence-corrected chi connectivity index (χ4v) is 3.99. The normalized spacial score (nSPS) is 25.7. The molecule has 2 heterocycles. The lowest BCUT2D eigenvalue weighted by molar-refractivity contribution is -0.143. The van der Waals surface area contributed by atoms with Gasteiger partial charge in [0.05, 0.1) is 5.92 Å². The molecule has 0 aliphatic carbocycles. The molecule has 7 heteroatoms. The van der Waals surface area contributed by atoms with Crippen molar-refractivity contribution in [2.24, 2.45) is 11.3 Å². The number of carbonyl (C=O) groups is 3. The van der Waals surface area contributed by atoms with Gasteiger partial charge in [-0.3, -0.25) is 9.59 Å². The third-order valence-electron chi connectivity index (χ3n) is 5.45. The molecule has 154 valence electrons. The minimum atomic E-state index is -0.533. The van der Waals surface area contributed by atoms with Crippen LogP contribution in [-0.4, -0.2) is 65.5 Å². The maximum atomic E-state index is 13.0. The lowest BCUT2D eigenvalue weighted by Crippen LogP contribution is -2.58. The van der Waals surface area contributed by atoms with E-state index in [0.29, 0.717) is 26.1 Å². The third-order valence-corrected chi connectivity index (χ3v) is 5.45. The molecule has 7 nitrogen and oxygen atoms in total. The largest absolute Gasteiger partial charge is 0.444 e. The molecule has 0 aromatic heterocycles. The fourth-order valence-electron chi connectivity index (χ4n) is 3.99. The molecule has 2 aliphatic rings. The number of hydrogen-bond donors (Lipinski definition) is 1. The molecule has 27 heavy (non-hydrogen) atoms. The predicted octanol–water partition coefficient (Wildman–Crippen LogP) is 2.40. The summed E-state index contributed by atoms with van der Waals surface area (Å²) in [5.41, 5.74) is -0.784. The van der Waals surface area contributed by atoms with Crippen molar-refractivity contribution in [3.63, 3.8) is 0 Å². The summed E-state index contributed by atoms with van der Waals surface area (Å²) in [4.78, 5) is 40.4. The fraction of sp³-hybridized carbons (Fsp3) is 0.850. The minimum Gasteiger partial charge on any atom is -0.444 e. The van der Waals surface area contributed by atoms with Gasteiger partial charge in [0.25, 0.3) is 0 Å². The Morgan fingerprint density at radius 2 is 1.74 bits per heavy atom. The monoisotopic (exact) mass is 381 g/mol. The van der Waals surface area contributed by atoms with Crippen molar-refractivity contribution in [3.05, 3.63) is 0 Å². The molecular weight excluding hydrogens is 346 g/mol. The van der Waals surface area contributed by atoms with Crippen LogP contribution in [0.5, 0.6) is 0 Å². The van der Waals surface area contributed by atoms with Crippen LogP contribution in [0.15, 0.2) is 0 Å². The van der Waals surface area contributed by atoms with Crippen molar-refractivity contribution >= 4 is 17.9 Å². The molecule has 0 bridgehead atoms. The molecule has 2 rings (SSSR count). The Morgan fingerprint density at radius 3 is 2.30 bits per heavy atom. The van der Waals surface area contributed by atoms with E-state index < -0.39 is 11.7 Å². The van der Waals surface area contributed by atoms with E-state index in [4.69, 9.17) is 4.74 Å². The van der Waals surface area contributed by atoms with Gasteiger partial charge in [-0.25, -0.2) is 4.79 Å². The Balaban J connectivity index is 1.95. The maximum absolute atomic E-state index is 13.0. The van der Waals surface area contributed by atoms with Crippen LogP contribution in [0.1, 0.15) is 60.8 Å². The summed E-state index contributed by atoms with van der Waals surface area (Å²) >= 11 is 0. The van der Waals surface area contributed by atoms with Crippen LogP contribution < -0.4 is 5.32 Å². The Hall–Kier alpha value is -1.79. The van der Waals surface area contributed by atoms with Crippen LogP contribution >= 0.6 is 0 Å². The summed E-state index contributed by atoms with van der Waals surface area (Å²) in [6, 6.07) is -0.0449. The molecule has 3 amide bonds. The molecule has 0 aromatic rings. The SMILES string of the molecule is CC(=O)N1CCC[C@@H](C(=O)N2CC[C@H](NC(=O)OC(C)(C)C)C(C)(C)C2)C1. The van der Waals surface area contributed by atoms with Crippen LogP contribution in [0.25, 0.3) is 0 Å². The molecule has 2 fully saturated rings. The molecule has 0 radical (unpaired) electrons. The van der Waals surface area contributed by atoms with Crippen molar-refractivity contribution in [2.45, 2.75) is 72.4 Å². The van der Waals surface area contributed by atoms with Crippen LogP contribution in [0.2, 0.25) is 0 Å². The highest BCUT2D eigenvalue weighted by atomic mass is 16.6. The first-order chi connectivity index (χ1) is 12.4. The van der Waals surface area contributed by atoms with E-state index in [-0.39, 0.29) is 29.2 Å². The first kappa shape index (κ1) is 21.5. The maximum Gasteiger partial charge on any atom is 0.407 e. The highest BCUT2D eigenvalue weighted by Gasteiger charge is 2.41. The van der Waals surface area contributed by atoms with E-state index >= 15 is 0 Å². The second-order valence-electron chi connectivity index (χ2n) is 9.54. The topological polar surface area (TPSA) is 79.0 Å². The van der Waals surface area contributed by atoms with Crippen molar-refractivity contribution < 1.29 is 19.1 Å². The van der Waals surface area contributed by atoms with Gasteiger partial charge in [-0.15, -0.1) is 0 Å². The average molecular weight is 382 g/mol. The molecule has 0 spiro atoms. The van der Waals surface area contributed by atoms with E-state index in [9.17, 15) is 14.4 Å². The Labute approximate surface area is 162 Å². The van der Waals surface area contributed by atoms with E-state index in [1.807, 2.05) is 25.7 Å². The minimum absolute atomic E-state index is 0.0353. The molecule has 0 aromatic carbocycles. The smallest absolute Gasteiger partial charge is 0.407 e. The number of hydrogen-bond acceptors (Lipinski definition) is 4. The molecule has 2 saturated heterocycles. The summed E-state index contributed by atoms with van der Waals surface area (Å²) in [6.07, 6.45) is 1.99. The van der Waals surface area contributed by atoms with Gasteiger partial charge >= 0.3 is 6.09 Å². The van der Waals surface area contributed by atoms with Crippen LogP contribution in [0.4, 0.5) is 4.79 Å². The first-order valence-corrected chi connectivity index (χ1v) is 9.93. The number of piperidine rings is 2. The van der Waals surface area contributed by atoms with Crippen molar-refractivity contribution in [1.29, 1.82) is 0 Å². The molecular formula is C20H35N3O4. The van der Waals surface area contributed by atoms with Gasteiger partial charge in [-0.2, -0.15) is 0 Å². The number of amides is 3. The molecule has 1 N–H and O–H groups in total. The zero-order valence-corrected chi connectivity index (χ0v) is 17.6. The van der Waals surface area contributed by atoms with Crippen molar-refractivity contribution in [1.82, 2.24) is 15.1 Å². The van der Waals surface area contributed by atoms with Gasteiger partial charge in [0.1, 0.15) is 5.60 Å². The van der Waals surface area contributed by atoms with Crippen LogP contribution in [0, 0.1) is 11.3 Å². The Kier molecular flexibility index (Phi) is 6.43. The zero-order valence-electron chi connectivity index (χ0n) is 17.6. The number of ether oxygens (including phenoxy) is 1. The van der Waals surface area contributed by atoms with E-state index in [0.717, 1.165) is 19.4 Å². The van der Waals surface area contributed by atoms with Gasteiger partial charge in [0.15, 0.2) is 0 Å². The van der Waals surface area contributed by atoms with Gasteiger partial charge in [0.2, 0.25) is 11.8 Å². The molecule has 2 aliphatic heterocycles. The van der Waals surface area contributed by atoms with E-state index in [1.165, 1.54) is 0 Å². The van der Waals surface area contributed by atoms with Crippen molar-refractivity contribution in [2.75, 3.05) is 26.2 Å².